The maximum atomic E-state index is 4.07. The van der Waals surface area contributed by atoms with Crippen molar-refractivity contribution < 1.29 is 0 Å². The molecule has 2 rings (SSSR count). The first-order chi connectivity index (χ1) is 9.04. The van der Waals surface area contributed by atoms with Gasteiger partial charge in [0.2, 0.25) is 0 Å². The van der Waals surface area contributed by atoms with Crippen molar-refractivity contribution in [2.24, 2.45) is 11.8 Å². The molecule has 0 saturated carbocycles. The number of hydrogen-bond donors (Lipinski definition) is 2. The summed E-state index contributed by atoms with van der Waals surface area (Å²) in [7, 11) is 0. The summed E-state index contributed by atoms with van der Waals surface area (Å²) < 4.78 is 0. The Hall–Kier alpha value is -1.51. The van der Waals surface area contributed by atoms with E-state index < -0.39 is 0 Å². The molecule has 0 aliphatic rings. The number of aromatic amines is 1. The predicted molar refractivity (Wildman–Crippen MR) is 82.4 cm³/mol. The van der Waals surface area contributed by atoms with E-state index in [4.69, 9.17) is 0 Å². The first kappa shape index (κ1) is 13.9. The van der Waals surface area contributed by atoms with Crippen LogP contribution in [0.25, 0.3) is 10.9 Å². The van der Waals surface area contributed by atoms with Crippen LogP contribution in [0.15, 0.2) is 24.4 Å². The summed E-state index contributed by atoms with van der Waals surface area (Å²) in [4.78, 5) is 0. The zero-order valence-corrected chi connectivity index (χ0v) is 12.4. The van der Waals surface area contributed by atoms with Crippen LogP contribution in [-0.2, 0) is 0 Å². The number of nitrogens with zero attached hydrogens (tertiary/aromatic N) is 1. The lowest BCUT2D eigenvalue weighted by Crippen LogP contribution is -2.23. The molecular weight excluding hydrogens is 234 g/mol. The van der Waals surface area contributed by atoms with Crippen LogP contribution in [0, 0.1) is 11.8 Å². The average molecular weight is 259 g/mol. The third-order valence-electron chi connectivity index (χ3n) is 3.32. The highest BCUT2D eigenvalue weighted by Crippen LogP contribution is 2.21. The van der Waals surface area contributed by atoms with Crippen LogP contribution < -0.4 is 5.32 Å². The number of rotatable bonds is 6. The van der Waals surface area contributed by atoms with Gasteiger partial charge in [-0.15, -0.1) is 0 Å². The van der Waals surface area contributed by atoms with Gasteiger partial charge < -0.3 is 5.32 Å². The molecule has 0 radical (unpaired) electrons. The number of anilines is 1. The highest BCUT2D eigenvalue weighted by Gasteiger charge is 2.13. The van der Waals surface area contributed by atoms with E-state index in [1.165, 1.54) is 18.5 Å². The normalized spacial score (nSPS) is 11.9. The lowest BCUT2D eigenvalue weighted by Gasteiger charge is -2.23. The topological polar surface area (TPSA) is 40.7 Å². The van der Waals surface area contributed by atoms with Gasteiger partial charge in [-0.2, -0.15) is 5.10 Å². The van der Waals surface area contributed by atoms with Crippen LogP contribution in [0.5, 0.6) is 0 Å². The second-order valence-corrected chi connectivity index (χ2v) is 6.27. The molecule has 0 amide bonds. The van der Waals surface area contributed by atoms with Crippen LogP contribution in [-0.4, -0.2) is 16.2 Å². The summed E-state index contributed by atoms with van der Waals surface area (Å²) in [5.74, 6) is 1.43. The van der Waals surface area contributed by atoms with Crippen molar-refractivity contribution in [2.45, 2.75) is 46.6 Å². The van der Waals surface area contributed by atoms with Gasteiger partial charge in [0, 0.05) is 17.1 Å². The highest BCUT2D eigenvalue weighted by atomic mass is 15.1. The molecule has 3 nitrogen and oxygen atoms in total. The van der Waals surface area contributed by atoms with Crippen LogP contribution in [0.3, 0.4) is 0 Å². The lowest BCUT2D eigenvalue weighted by atomic mass is 9.95. The fourth-order valence-corrected chi connectivity index (χ4v) is 2.61. The maximum Gasteiger partial charge on any atom is 0.0670 e. The summed E-state index contributed by atoms with van der Waals surface area (Å²) in [6.07, 6.45) is 4.28. The molecule has 0 atom stereocenters. The molecule has 104 valence electrons. The smallest absolute Gasteiger partial charge is 0.0670 e. The molecule has 3 heteroatoms. The van der Waals surface area contributed by atoms with E-state index in [1.54, 1.807) is 0 Å². The fraction of sp³-hybridized carbons (Fsp3) is 0.562. The molecule has 2 N–H and O–H groups in total. The molecular formula is C16H25N3. The molecule has 1 aromatic carbocycles. The van der Waals surface area contributed by atoms with E-state index in [1.807, 2.05) is 6.20 Å². The Balaban J connectivity index is 2.10. The van der Waals surface area contributed by atoms with E-state index in [0.29, 0.717) is 17.9 Å². The average Bonchev–Trinajstić information content (AvgIpc) is 2.74. The SMILES string of the molecule is CC(C)CC(CC(C)C)Nc1ccc2cn[nH]c2c1. The molecule has 0 aliphatic carbocycles. The number of benzene rings is 1. The third-order valence-corrected chi connectivity index (χ3v) is 3.32. The van der Waals surface area contributed by atoms with Crippen LogP contribution in [0.1, 0.15) is 40.5 Å². The van der Waals surface area contributed by atoms with Crippen molar-refractivity contribution in [3.05, 3.63) is 24.4 Å². The minimum absolute atomic E-state index is 0.542. The third kappa shape index (κ3) is 3.98. The van der Waals surface area contributed by atoms with Crippen molar-refractivity contribution in [3.8, 4) is 0 Å². The molecule has 1 heterocycles. The van der Waals surface area contributed by atoms with E-state index >= 15 is 0 Å². The zero-order valence-electron chi connectivity index (χ0n) is 12.4. The first-order valence-electron chi connectivity index (χ1n) is 7.24. The van der Waals surface area contributed by atoms with Gasteiger partial charge in [-0.3, -0.25) is 5.10 Å². The predicted octanol–water partition coefficient (Wildman–Crippen LogP) is 4.44. The Morgan fingerprint density at radius 1 is 1.11 bits per heavy atom. The van der Waals surface area contributed by atoms with Crippen LogP contribution >= 0.6 is 0 Å². The van der Waals surface area contributed by atoms with Gasteiger partial charge in [-0.05, 0) is 42.9 Å². The van der Waals surface area contributed by atoms with E-state index in [-0.39, 0.29) is 0 Å². The van der Waals surface area contributed by atoms with Gasteiger partial charge >= 0.3 is 0 Å². The van der Waals surface area contributed by atoms with Gasteiger partial charge in [0.1, 0.15) is 0 Å². The van der Waals surface area contributed by atoms with Gasteiger partial charge in [-0.25, -0.2) is 0 Å². The van der Waals surface area contributed by atoms with Crippen molar-refractivity contribution >= 4 is 16.6 Å². The molecule has 19 heavy (non-hydrogen) atoms. The first-order valence-corrected chi connectivity index (χ1v) is 7.24. The number of fused-ring (bicyclic) bond motifs is 1. The fourth-order valence-electron chi connectivity index (χ4n) is 2.61. The summed E-state index contributed by atoms with van der Waals surface area (Å²) >= 11 is 0. The quantitative estimate of drug-likeness (QED) is 0.805. The summed E-state index contributed by atoms with van der Waals surface area (Å²) in [6.45, 7) is 9.14. The zero-order chi connectivity index (χ0) is 13.8. The van der Waals surface area contributed by atoms with Crippen LogP contribution in [0.4, 0.5) is 5.69 Å². The Labute approximate surface area is 115 Å². The minimum atomic E-state index is 0.542. The molecule has 0 aliphatic heterocycles. The standard InChI is InChI=1S/C16H25N3/c1-11(2)7-15(8-12(3)4)18-14-6-5-13-10-17-19-16(13)9-14/h5-6,9-12,15,18H,7-8H2,1-4H3,(H,17,19). The Bertz CT molecular complexity index is 503. The van der Waals surface area contributed by atoms with E-state index in [0.717, 1.165) is 10.9 Å². The molecule has 2 aromatic rings. The Morgan fingerprint density at radius 2 is 1.79 bits per heavy atom. The molecule has 0 spiro atoms. The van der Waals surface area contributed by atoms with E-state index in [2.05, 4.69) is 61.4 Å². The second-order valence-electron chi connectivity index (χ2n) is 6.27. The monoisotopic (exact) mass is 259 g/mol. The van der Waals surface area contributed by atoms with Gasteiger partial charge in [-0.1, -0.05) is 27.7 Å². The van der Waals surface area contributed by atoms with E-state index in [9.17, 15) is 0 Å². The summed E-state index contributed by atoms with van der Waals surface area (Å²) in [5.41, 5.74) is 2.28. The van der Waals surface area contributed by atoms with Gasteiger partial charge in [0.25, 0.3) is 0 Å². The minimum Gasteiger partial charge on any atom is -0.382 e. The second kappa shape index (κ2) is 6.09. The lowest BCUT2D eigenvalue weighted by molar-refractivity contribution is 0.442. The largest absolute Gasteiger partial charge is 0.382 e. The van der Waals surface area contributed by atoms with Crippen molar-refractivity contribution in [1.82, 2.24) is 10.2 Å². The molecule has 0 fully saturated rings. The molecule has 0 bridgehead atoms. The molecule has 1 aromatic heterocycles. The Morgan fingerprint density at radius 3 is 2.42 bits per heavy atom. The number of aromatic nitrogens is 2. The molecule has 0 saturated heterocycles. The van der Waals surface area contributed by atoms with Crippen molar-refractivity contribution in [3.63, 3.8) is 0 Å². The summed E-state index contributed by atoms with van der Waals surface area (Å²) in [5, 5.41) is 11.9. The van der Waals surface area contributed by atoms with Crippen LogP contribution in [0.2, 0.25) is 0 Å². The number of H-pyrrole nitrogens is 1. The van der Waals surface area contributed by atoms with Crippen molar-refractivity contribution in [2.75, 3.05) is 5.32 Å². The maximum absolute atomic E-state index is 4.07. The van der Waals surface area contributed by atoms with Gasteiger partial charge in [0.05, 0.1) is 11.7 Å². The van der Waals surface area contributed by atoms with Crippen molar-refractivity contribution in [1.29, 1.82) is 0 Å². The summed E-state index contributed by atoms with van der Waals surface area (Å²) in [6, 6.07) is 6.95. The number of hydrogen-bond acceptors (Lipinski definition) is 2. The van der Waals surface area contributed by atoms with Gasteiger partial charge in [0.15, 0.2) is 0 Å². The number of nitrogens with one attached hydrogen (secondary N) is 2. The highest BCUT2D eigenvalue weighted by molar-refractivity contribution is 5.81. The Kier molecular flexibility index (Phi) is 4.46. The molecule has 0 unspecified atom stereocenters.